The summed E-state index contributed by atoms with van der Waals surface area (Å²) in [7, 11) is 0. The Labute approximate surface area is 167 Å². The molecule has 1 saturated carbocycles. The second kappa shape index (κ2) is 7.68. The number of para-hydroxylation sites is 1. The molecule has 5 rings (SSSR count). The summed E-state index contributed by atoms with van der Waals surface area (Å²) in [6.07, 6.45) is 7.09. The SMILES string of the molecule is O=C(NC[C@H]1[C@H]2CN(CCCOc3ccccc3)C[C@]23CC[C@H]1O3)C1CCC1. The van der Waals surface area contributed by atoms with E-state index in [9.17, 15) is 4.79 Å². The summed E-state index contributed by atoms with van der Waals surface area (Å²) in [4.78, 5) is 14.8. The zero-order valence-electron chi connectivity index (χ0n) is 16.6. The molecule has 3 saturated heterocycles. The van der Waals surface area contributed by atoms with Crippen LogP contribution in [0.5, 0.6) is 5.75 Å². The third-order valence-electron chi connectivity index (χ3n) is 7.47. The lowest BCUT2D eigenvalue weighted by atomic mass is 9.73. The lowest BCUT2D eigenvalue weighted by molar-refractivity contribution is -0.127. The standard InChI is InChI=1S/C23H32N2O3/c26-22(17-6-4-7-17)24-14-19-20-15-25(16-23(20)11-10-21(19)28-23)12-5-13-27-18-8-2-1-3-9-18/h1-3,8-9,17,19-21H,4-7,10-16H2,(H,24,26)/t19-,20+,21+,23+/m0/s1. The van der Waals surface area contributed by atoms with E-state index in [1.807, 2.05) is 30.3 Å². The molecule has 1 N–H and O–H groups in total. The molecule has 28 heavy (non-hydrogen) atoms. The van der Waals surface area contributed by atoms with Crippen LogP contribution in [0.4, 0.5) is 0 Å². The van der Waals surface area contributed by atoms with Gasteiger partial charge in [-0.25, -0.2) is 0 Å². The zero-order valence-corrected chi connectivity index (χ0v) is 16.6. The number of carbonyl (C=O) groups excluding carboxylic acids is 1. The van der Waals surface area contributed by atoms with Crippen LogP contribution in [-0.4, -0.2) is 55.3 Å². The molecule has 3 heterocycles. The smallest absolute Gasteiger partial charge is 0.223 e. The van der Waals surface area contributed by atoms with Gasteiger partial charge in [0.2, 0.25) is 5.91 Å². The van der Waals surface area contributed by atoms with Crippen LogP contribution in [-0.2, 0) is 9.53 Å². The molecule has 0 radical (unpaired) electrons. The lowest BCUT2D eigenvalue weighted by Gasteiger charge is -2.31. The summed E-state index contributed by atoms with van der Waals surface area (Å²) in [5, 5.41) is 3.25. The molecule has 0 aromatic heterocycles. The van der Waals surface area contributed by atoms with Crippen LogP contribution in [0.2, 0.25) is 0 Å². The van der Waals surface area contributed by atoms with Gasteiger partial charge >= 0.3 is 0 Å². The second-order valence-electron chi connectivity index (χ2n) is 9.15. The van der Waals surface area contributed by atoms with E-state index in [0.717, 1.165) is 64.2 Å². The maximum Gasteiger partial charge on any atom is 0.223 e. The number of benzene rings is 1. The van der Waals surface area contributed by atoms with Crippen molar-refractivity contribution >= 4 is 5.91 Å². The molecule has 1 aromatic rings. The number of hydrogen-bond acceptors (Lipinski definition) is 4. The largest absolute Gasteiger partial charge is 0.494 e. The van der Waals surface area contributed by atoms with Crippen molar-refractivity contribution in [1.29, 1.82) is 0 Å². The fourth-order valence-corrected chi connectivity index (χ4v) is 5.76. The van der Waals surface area contributed by atoms with Gasteiger partial charge in [0, 0.05) is 43.9 Å². The first-order valence-corrected chi connectivity index (χ1v) is 11.1. The summed E-state index contributed by atoms with van der Waals surface area (Å²) in [5.41, 5.74) is 0.0524. The number of fused-ring (bicyclic) bond motifs is 1. The van der Waals surface area contributed by atoms with Gasteiger partial charge in [-0.05, 0) is 44.2 Å². The predicted molar refractivity (Wildman–Crippen MR) is 107 cm³/mol. The molecule has 1 aliphatic carbocycles. The Morgan fingerprint density at radius 2 is 2.11 bits per heavy atom. The molecule has 5 heteroatoms. The number of carbonyl (C=O) groups is 1. The maximum absolute atomic E-state index is 12.3. The highest BCUT2D eigenvalue weighted by atomic mass is 16.5. The van der Waals surface area contributed by atoms with Crippen molar-refractivity contribution < 1.29 is 14.3 Å². The first kappa shape index (κ1) is 18.4. The molecule has 1 aromatic carbocycles. The first-order valence-electron chi connectivity index (χ1n) is 11.1. The Morgan fingerprint density at radius 1 is 1.25 bits per heavy atom. The van der Waals surface area contributed by atoms with E-state index in [1.165, 1.54) is 12.8 Å². The van der Waals surface area contributed by atoms with Crippen LogP contribution in [0.1, 0.15) is 38.5 Å². The van der Waals surface area contributed by atoms with Crippen molar-refractivity contribution in [2.75, 3.05) is 32.8 Å². The van der Waals surface area contributed by atoms with Gasteiger partial charge in [0.25, 0.3) is 0 Å². The average Bonchev–Trinajstić information content (AvgIpc) is 3.31. The molecule has 4 atom stereocenters. The third kappa shape index (κ3) is 3.43. The molecular formula is C23H32N2O3. The highest BCUT2D eigenvalue weighted by molar-refractivity contribution is 5.79. The number of amides is 1. The van der Waals surface area contributed by atoms with Crippen LogP contribution in [0.25, 0.3) is 0 Å². The number of nitrogens with one attached hydrogen (secondary N) is 1. The van der Waals surface area contributed by atoms with Crippen LogP contribution in [0, 0.1) is 17.8 Å². The van der Waals surface area contributed by atoms with Crippen molar-refractivity contribution in [2.24, 2.45) is 17.8 Å². The molecule has 4 aliphatic rings. The van der Waals surface area contributed by atoms with Crippen molar-refractivity contribution in [1.82, 2.24) is 10.2 Å². The number of ether oxygens (including phenoxy) is 2. The monoisotopic (exact) mass is 384 g/mol. The van der Waals surface area contributed by atoms with Crippen molar-refractivity contribution in [2.45, 2.75) is 50.2 Å². The van der Waals surface area contributed by atoms with Gasteiger partial charge in [0.05, 0.1) is 18.3 Å². The maximum atomic E-state index is 12.3. The Hall–Kier alpha value is -1.59. The van der Waals surface area contributed by atoms with E-state index in [-0.39, 0.29) is 17.4 Å². The van der Waals surface area contributed by atoms with E-state index < -0.39 is 0 Å². The van der Waals surface area contributed by atoms with Crippen molar-refractivity contribution in [3.8, 4) is 5.75 Å². The molecule has 3 aliphatic heterocycles. The Kier molecular flexibility index (Phi) is 5.06. The normalized spacial score (nSPS) is 34.2. The summed E-state index contributed by atoms with van der Waals surface area (Å²) < 4.78 is 12.3. The van der Waals surface area contributed by atoms with E-state index in [4.69, 9.17) is 9.47 Å². The number of likely N-dealkylation sites (tertiary alicyclic amines) is 1. The minimum atomic E-state index is 0.0524. The van der Waals surface area contributed by atoms with Gasteiger partial charge in [-0.15, -0.1) is 0 Å². The Bertz CT molecular complexity index is 692. The van der Waals surface area contributed by atoms with E-state index in [0.29, 0.717) is 17.9 Å². The average molecular weight is 385 g/mol. The number of hydrogen-bond donors (Lipinski definition) is 1. The fourth-order valence-electron chi connectivity index (χ4n) is 5.76. The topological polar surface area (TPSA) is 50.8 Å². The van der Waals surface area contributed by atoms with Gasteiger partial charge in [0.1, 0.15) is 5.75 Å². The molecule has 4 fully saturated rings. The van der Waals surface area contributed by atoms with Crippen molar-refractivity contribution in [3.05, 3.63) is 30.3 Å². The highest BCUT2D eigenvalue weighted by Gasteiger charge is 2.62. The fraction of sp³-hybridized carbons (Fsp3) is 0.696. The molecule has 5 nitrogen and oxygen atoms in total. The first-order chi connectivity index (χ1) is 13.7. The molecule has 2 bridgehead atoms. The van der Waals surface area contributed by atoms with Gasteiger partial charge in [0.15, 0.2) is 0 Å². The quantitative estimate of drug-likeness (QED) is 0.701. The van der Waals surface area contributed by atoms with Crippen LogP contribution in [0.15, 0.2) is 30.3 Å². The van der Waals surface area contributed by atoms with Crippen LogP contribution in [0.3, 0.4) is 0 Å². The molecule has 1 amide bonds. The van der Waals surface area contributed by atoms with Crippen LogP contribution < -0.4 is 10.1 Å². The zero-order chi connectivity index (χ0) is 19.0. The molecule has 1 spiro atoms. The summed E-state index contributed by atoms with van der Waals surface area (Å²) in [6, 6.07) is 10.0. The number of nitrogens with zero attached hydrogens (tertiary/aromatic N) is 1. The second-order valence-corrected chi connectivity index (χ2v) is 9.15. The summed E-state index contributed by atoms with van der Waals surface area (Å²) in [5.74, 6) is 2.56. The lowest BCUT2D eigenvalue weighted by Crippen LogP contribution is -2.44. The summed E-state index contributed by atoms with van der Waals surface area (Å²) in [6.45, 7) is 4.76. The highest BCUT2D eigenvalue weighted by Crippen LogP contribution is 2.54. The Balaban J connectivity index is 1.10. The third-order valence-corrected chi connectivity index (χ3v) is 7.47. The van der Waals surface area contributed by atoms with E-state index in [2.05, 4.69) is 10.2 Å². The number of rotatable bonds is 8. The van der Waals surface area contributed by atoms with E-state index in [1.54, 1.807) is 0 Å². The van der Waals surface area contributed by atoms with Crippen LogP contribution >= 0.6 is 0 Å². The molecule has 152 valence electrons. The van der Waals surface area contributed by atoms with Gasteiger partial charge < -0.3 is 14.8 Å². The predicted octanol–water partition coefficient (Wildman–Crippen LogP) is 2.85. The minimum Gasteiger partial charge on any atom is -0.494 e. The molecule has 0 unspecified atom stereocenters. The summed E-state index contributed by atoms with van der Waals surface area (Å²) >= 11 is 0. The van der Waals surface area contributed by atoms with Gasteiger partial charge in [-0.3, -0.25) is 9.69 Å². The Morgan fingerprint density at radius 3 is 2.89 bits per heavy atom. The van der Waals surface area contributed by atoms with Gasteiger partial charge in [-0.2, -0.15) is 0 Å². The van der Waals surface area contributed by atoms with Gasteiger partial charge in [-0.1, -0.05) is 24.6 Å². The van der Waals surface area contributed by atoms with E-state index >= 15 is 0 Å². The van der Waals surface area contributed by atoms with Crippen molar-refractivity contribution in [3.63, 3.8) is 0 Å². The minimum absolute atomic E-state index is 0.0524. The molecular weight excluding hydrogens is 352 g/mol.